The molecule has 19 heavy (non-hydrogen) atoms. The molecule has 2 aliphatic carbocycles. The van der Waals surface area contributed by atoms with Crippen LogP contribution in [0.15, 0.2) is 12.1 Å². The van der Waals surface area contributed by atoms with Crippen molar-refractivity contribution in [3.8, 4) is 17.2 Å². The molecule has 2 aliphatic rings. The Labute approximate surface area is 113 Å². The molecule has 4 nitrogen and oxygen atoms in total. The first-order valence-corrected chi connectivity index (χ1v) is 6.69. The highest BCUT2D eigenvalue weighted by Crippen LogP contribution is 2.67. The van der Waals surface area contributed by atoms with Gasteiger partial charge in [-0.15, -0.1) is 0 Å². The van der Waals surface area contributed by atoms with Crippen LogP contribution in [0.25, 0.3) is 0 Å². The Kier molecular flexibility index (Phi) is 2.86. The van der Waals surface area contributed by atoms with Crippen LogP contribution in [0.1, 0.15) is 24.8 Å². The largest absolute Gasteiger partial charge is 0.493 e. The minimum atomic E-state index is -0.689. The summed E-state index contributed by atoms with van der Waals surface area (Å²) in [6.45, 7) is 0. The van der Waals surface area contributed by atoms with Gasteiger partial charge in [0.25, 0.3) is 0 Å². The number of ether oxygens (including phenoxy) is 3. The molecule has 2 unspecified atom stereocenters. The summed E-state index contributed by atoms with van der Waals surface area (Å²) in [6.07, 6.45) is 3.44. The number of hydrogen-bond donors (Lipinski definition) is 1. The van der Waals surface area contributed by atoms with E-state index in [2.05, 4.69) is 0 Å². The van der Waals surface area contributed by atoms with Crippen LogP contribution in [0.2, 0.25) is 0 Å². The molecule has 2 atom stereocenters. The van der Waals surface area contributed by atoms with E-state index in [9.17, 15) is 5.11 Å². The molecular weight excluding hydrogens is 244 g/mol. The molecule has 1 N–H and O–H groups in total. The zero-order chi connectivity index (χ0) is 13.6. The summed E-state index contributed by atoms with van der Waals surface area (Å²) in [6, 6.07) is 3.75. The van der Waals surface area contributed by atoms with Crippen molar-refractivity contribution in [1.29, 1.82) is 0 Å². The quantitative estimate of drug-likeness (QED) is 0.906. The molecule has 0 spiro atoms. The van der Waals surface area contributed by atoms with E-state index in [0.717, 1.165) is 18.4 Å². The molecule has 104 valence electrons. The van der Waals surface area contributed by atoms with Crippen molar-refractivity contribution >= 4 is 0 Å². The molecular formula is C15H20O4. The molecule has 3 rings (SSSR count). The van der Waals surface area contributed by atoms with E-state index in [1.807, 2.05) is 12.1 Å². The number of fused-ring (bicyclic) bond motifs is 1. The van der Waals surface area contributed by atoms with Gasteiger partial charge in [0.05, 0.1) is 26.9 Å². The molecule has 0 radical (unpaired) electrons. The topological polar surface area (TPSA) is 47.9 Å². The van der Waals surface area contributed by atoms with Crippen LogP contribution >= 0.6 is 0 Å². The monoisotopic (exact) mass is 264 g/mol. The summed E-state index contributed by atoms with van der Waals surface area (Å²) in [7, 11) is 4.78. The van der Waals surface area contributed by atoms with Gasteiger partial charge in [-0.2, -0.15) is 0 Å². The first-order valence-electron chi connectivity index (χ1n) is 6.69. The van der Waals surface area contributed by atoms with Gasteiger partial charge < -0.3 is 19.3 Å². The predicted molar refractivity (Wildman–Crippen MR) is 70.8 cm³/mol. The first kappa shape index (κ1) is 12.6. The third-order valence-electron chi connectivity index (χ3n) is 4.66. The highest BCUT2D eigenvalue weighted by Gasteiger charge is 2.66. The third kappa shape index (κ3) is 1.62. The average Bonchev–Trinajstić information content (AvgIpc) is 2.84. The maximum absolute atomic E-state index is 10.8. The fraction of sp³-hybridized carbons (Fsp3) is 0.600. The lowest BCUT2D eigenvalue weighted by Crippen LogP contribution is -2.13. The lowest BCUT2D eigenvalue weighted by Gasteiger charge is -2.19. The second kappa shape index (κ2) is 4.30. The Morgan fingerprint density at radius 3 is 1.95 bits per heavy atom. The number of hydrogen-bond acceptors (Lipinski definition) is 4. The van der Waals surface area contributed by atoms with Crippen molar-refractivity contribution in [2.45, 2.75) is 24.9 Å². The summed E-state index contributed by atoms with van der Waals surface area (Å²) >= 11 is 0. The third-order valence-corrected chi connectivity index (χ3v) is 4.66. The smallest absolute Gasteiger partial charge is 0.203 e. The van der Waals surface area contributed by atoms with Crippen LogP contribution in [0.4, 0.5) is 0 Å². The van der Waals surface area contributed by atoms with Gasteiger partial charge in [-0.1, -0.05) is 6.42 Å². The average molecular weight is 264 g/mol. The van der Waals surface area contributed by atoms with Crippen LogP contribution in [0.5, 0.6) is 17.2 Å². The number of rotatable bonds is 4. The standard InChI is InChI=1S/C15H20O4/c1-17-12-7-9(8-13(18-2)14(12)19-3)15(16)10-5-4-6-11(10)15/h7-8,10-11,16H,4-6H2,1-3H3. The highest BCUT2D eigenvalue weighted by atomic mass is 16.5. The van der Waals surface area contributed by atoms with Crippen molar-refractivity contribution in [2.24, 2.45) is 11.8 Å². The predicted octanol–water partition coefficient (Wildman–Crippen LogP) is 2.33. The molecule has 0 heterocycles. The van der Waals surface area contributed by atoms with E-state index in [-0.39, 0.29) is 0 Å². The van der Waals surface area contributed by atoms with Crippen molar-refractivity contribution in [3.63, 3.8) is 0 Å². The Bertz CT molecular complexity index is 462. The van der Waals surface area contributed by atoms with E-state index >= 15 is 0 Å². The van der Waals surface area contributed by atoms with Crippen LogP contribution in [-0.4, -0.2) is 26.4 Å². The van der Waals surface area contributed by atoms with Gasteiger partial charge in [0.1, 0.15) is 0 Å². The van der Waals surface area contributed by atoms with Crippen LogP contribution in [-0.2, 0) is 5.60 Å². The minimum Gasteiger partial charge on any atom is -0.493 e. The van der Waals surface area contributed by atoms with Crippen molar-refractivity contribution in [1.82, 2.24) is 0 Å². The molecule has 0 aromatic heterocycles. The number of methoxy groups -OCH3 is 3. The van der Waals surface area contributed by atoms with Crippen molar-refractivity contribution in [3.05, 3.63) is 17.7 Å². The fourth-order valence-electron chi connectivity index (χ4n) is 3.66. The van der Waals surface area contributed by atoms with Crippen LogP contribution < -0.4 is 14.2 Å². The first-order chi connectivity index (χ1) is 9.16. The van der Waals surface area contributed by atoms with E-state index in [0.29, 0.717) is 29.1 Å². The molecule has 4 heteroatoms. The molecule has 2 saturated carbocycles. The van der Waals surface area contributed by atoms with E-state index in [4.69, 9.17) is 14.2 Å². The normalized spacial score (nSPS) is 31.8. The van der Waals surface area contributed by atoms with Gasteiger partial charge in [-0.3, -0.25) is 0 Å². The Balaban J connectivity index is 2.03. The zero-order valence-electron chi connectivity index (χ0n) is 11.6. The van der Waals surface area contributed by atoms with Crippen LogP contribution in [0.3, 0.4) is 0 Å². The van der Waals surface area contributed by atoms with Crippen molar-refractivity contribution < 1.29 is 19.3 Å². The van der Waals surface area contributed by atoms with E-state index < -0.39 is 5.60 Å². The van der Waals surface area contributed by atoms with Crippen LogP contribution in [0, 0.1) is 11.8 Å². The second-order valence-corrected chi connectivity index (χ2v) is 5.38. The summed E-state index contributed by atoms with van der Waals surface area (Å²) in [5, 5.41) is 10.8. The Hall–Kier alpha value is -1.42. The molecule has 2 fully saturated rings. The number of aliphatic hydroxyl groups is 1. The summed E-state index contributed by atoms with van der Waals surface area (Å²) in [5.41, 5.74) is 0.196. The Morgan fingerprint density at radius 1 is 1.00 bits per heavy atom. The summed E-state index contributed by atoms with van der Waals surface area (Å²) in [4.78, 5) is 0. The van der Waals surface area contributed by atoms with Gasteiger partial charge in [0, 0.05) is 0 Å². The number of benzene rings is 1. The molecule has 0 aliphatic heterocycles. The molecule has 0 amide bonds. The zero-order valence-corrected chi connectivity index (χ0v) is 11.6. The lowest BCUT2D eigenvalue weighted by atomic mass is 9.98. The lowest BCUT2D eigenvalue weighted by molar-refractivity contribution is 0.105. The van der Waals surface area contributed by atoms with E-state index in [1.165, 1.54) is 6.42 Å². The molecule has 0 saturated heterocycles. The van der Waals surface area contributed by atoms with Crippen molar-refractivity contribution in [2.75, 3.05) is 21.3 Å². The Morgan fingerprint density at radius 2 is 1.53 bits per heavy atom. The highest BCUT2D eigenvalue weighted by molar-refractivity contribution is 5.56. The fourth-order valence-corrected chi connectivity index (χ4v) is 3.66. The second-order valence-electron chi connectivity index (χ2n) is 5.38. The van der Waals surface area contributed by atoms with Gasteiger partial charge in [0.15, 0.2) is 11.5 Å². The summed E-state index contributed by atoms with van der Waals surface area (Å²) < 4.78 is 16.0. The summed E-state index contributed by atoms with van der Waals surface area (Å²) in [5.74, 6) is 2.58. The van der Waals surface area contributed by atoms with Gasteiger partial charge >= 0.3 is 0 Å². The van der Waals surface area contributed by atoms with Gasteiger partial charge in [-0.05, 0) is 42.4 Å². The minimum absolute atomic E-state index is 0.398. The maximum Gasteiger partial charge on any atom is 0.203 e. The molecule has 1 aromatic carbocycles. The molecule has 0 bridgehead atoms. The van der Waals surface area contributed by atoms with Gasteiger partial charge in [-0.25, -0.2) is 0 Å². The maximum atomic E-state index is 10.8. The molecule has 1 aromatic rings. The van der Waals surface area contributed by atoms with E-state index in [1.54, 1.807) is 21.3 Å². The van der Waals surface area contributed by atoms with Gasteiger partial charge in [0.2, 0.25) is 5.75 Å². The SMILES string of the molecule is COc1cc(C2(O)C3CCCC32)cc(OC)c1OC.